The average molecular weight is 344 g/mol. The molecule has 3 rings (SSSR count). The zero-order valence-corrected chi connectivity index (χ0v) is 15.5. The molecule has 2 aliphatic rings. The second-order valence-electron chi connectivity index (χ2n) is 7.88. The lowest BCUT2D eigenvalue weighted by atomic mass is 9.86. The molecule has 4 nitrogen and oxygen atoms in total. The molecular weight excluding hydrogens is 312 g/mol. The lowest BCUT2D eigenvalue weighted by Crippen LogP contribution is -2.39. The Morgan fingerprint density at radius 3 is 2.56 bits per heavy atom. The van der Waals surface area contributed by atoms with E-state index in [9.17, 15) is 4.79 Å². The number of hydrogen-bond acceptors (Lipinski definition) is 3. The first kappa shape index (κ1) is 18.2. The highest BCUT2D eigenvalue weighted by atomic mass is 16.5. The molecule has 25 heavy (non-hydrogen) atoms. The molecule has 1 heterocycles. The maximum atomic E-state index is 12.2. The zero-order valence-electron chi connectivity index (χ0n) is 15.5. The van der Waals surface area contributed by atoms with Crippen molar-refractivity contribution in [2.75, 3.05) is 0 Å². The van der Waals surface area contributed by atoms with Crippen LogP contribution < -0.4 is 10.1 Å². The second-order valence-corrected chi connectivity index (χ2v) is 7.88. The molecule has 0 bridgehead atoms. The van der Waals surface area contributed by atoms with Crippen molar-refractivity contribution in [3.63, 3.8) is 0 Å². The van der Waals surface area contributed by atoms with Gasteiger partial charge >= 0.3 is 0 Å². The summed E-state index contributed by atoms with van der Waals surface area (Å²) in [6.45, 7) is 2.03. The Hall–Kier alpha value is -1.58. The monoisotopic (exact) mass is 344 g/mol. The van der Waals surface area contributed by atoms with Gasteiger partial charge in [-0.15, -0.1) is 0 Å². The van der Waals surface area contributed by atoms with Gasteiger partial charge in [0.1, 0.15) is 6.10 Å². The maximum Gasteiger partial charge on any atom is 0.220 e. The molecule has 2 saturated carbocycles. The van der Waals surface area contributed by atoms with Crippen molar-refractivity contribution in [3.05, 3.63) is 23.9 Å². The van der Waals surface area contributed by atoms with Crippen molar-refractivity contribution < 1.29 is 9.53 Å². The topological polar surface area (TPSA) is 51.2 Å². The molecule has 0 aromatic carbocycles. The summed E-state index contributed by atoms with van der Waals surface area (Å²) in [6.07, 6.45) is 14.6. The smallest absolute Gasteiger partial charge is 0.220 e. The molecule has 0 saturated heterocycles. The first-order chi connectivity index (χ1) is 12.2. The van der Waals surface area contributed by atoms with Gasteiger partial charge in [-0.3, -0.25) is 4.79 Å². The number of carbonyl (C=O) groups is 1. The Bertz CT molecular complexity index is 529. The van der Waals surface area contributed by atoms with Crippen LogP contribution in [0.1, 0.15) is 76.2 Å². The minimum absolute atomic E-state index is 0.227. The SMILES string of the molecule is Cc1ccc(OC2CCC(NC(=O)CCC3CCCCC3)CC2)nc1. The third kappa shape index (κ3) is 6.02. The van der Waals surface area contributed by atoms with Gasteiger partial charge in [0.05, 0.1) is 0 Å². The number of pyridine rings is 1. The van der Waals surface area contributed by atoms with E-state index in [-0.39, 0.29) is 12.0 Å². The molecule has 4 heteroatoms. The lowest BCUT2D eigenvalue weighted by Gasteiger charge is -2.29. The molecule has 0 atom stereocenters. The quantitative estimate of drug-likeness (QED) is 0.823. The van der Waals surface area contributed by atoms with Gasteiger partial charge < -0.3 is 10.1 Å². The summed E-state index contributed by atoms with van der Waals surface area (Å²) < 4.78 is 5.97. The number of nitrogens with zero attached hydrogens (tertiary/aromatic N) is 1. The Labute approximate surface area is 151 Å². The molecular formula is C21H32N2O2. The van der Waals surface area contributed by atoms with Crippen LogP contribution in [-0.2, 0) is 4.79 Å². The highest BCUT2D eigenvalue weighted by Crippen LogP contribution is 2.27. The molecule has 138 valence electrons. The third-order valence-electron chi connectivity index (χ3n) is 5.72. The summed E-state index contributed by atoms with van der Waals surface area (Å²) in [7, 11) is 0. The molecule has 0 spiro atoms. The van der Waals surface area contributed by atoms with Crippen molar-refractivity contribution in [3.8, 4) is 5.88 Å². The van der Waals surface area contributed by atoms with Crippen LogP contribution in [0, 0.1) is 12.8 Å². The summed E-state index contributed by atoms with van der Waals surface area (Å²) in [4.78, 5) is 16.5. The predicted molar refractivity (Wildman–Crippen MR) is 99.6 cm³/mol. The van der Waals surface area contributed by atoms with E-state index in [0.717, 1.165) is 43.6 Å². The van der Waals surface area contributed by atoms with Crippen LogP contribution in [0.4, 0.5) is 0 Å². The van der Waals surface area contributed by atoms with Gasteiger partial charge in [0, 0.05) is 24.7 Å². The molecule has 0 aliphatic heterocycles. The molecule has 0 radical (unpaired) electrons. The number of nitrogens with one attached hydrogen (secondary N) is 1. The van der Waals surface area contributed by atoms with E-state index in [2.05, 4.69) is 10.3 Å². The molecule has 1 aromatic rings. The summed E-state index contributed by atoms with van der Waals surface area (Å²) in [5.74, 6) is 1.74. The Balaban J connectivity index is 1.33. The largest absolute Gasteiger partial charge is 0.474 e. The van der Waals surface area contributed by atoms with E-state index in [1.807, 2.05) is 25.3 Å². The van der Waals surface area contributed by atoms with Crippen LogP contribution in [0.3, 0.4) is 0 Å². The highest BCUT2D eigenvalue weighted by Gasteiger charge is 2.24. The molecule has 2 fully saturated rings. The molecule has 1 amide bonds. The number of ether oxygens (including phenoxy) is 1. The number of aromatic nitrogens is 1. The van der Waals surface area contributed by atoms with Crippen molar-refractivity contribution in [1.29, 1.82) is 0 Å². The summed E-state index contributed by atoms with van der Waals surface area (Å²) in [5, 5.41) is 3.24. The lowest BCUT2D eigenvalue weighted by molar-refractivity contribution is -0.122. The van der Waals surface area contributed by atoms with Gasteiger partial charge in [-0.2, -0.15) is 0 Å². The van der Waals surface area contributed by atoms with Gasteiger partial charge in [0.15, 0.2) is 0 Å². The van der Waals surface area contributed by atoms with E-state index >= 15 is 0 Å². The van der Waals surface area contributed by atoms with Crippen LogP contribution in [0.2, 0.25) is 0 Å². The Morgan fingerprint density at radius 1 is 1.12 bits per heavy atom. The van der Waals surface area contributed by atoms with Crippen LogP contribution >= 0.6 is 0 Å². The first-order valence-corrected chi connectivity index (χ1v) is 10.1. The Kier molecular flexibility index (Phi) is 6.71. The van der Waals surface area contributed by atoms with Crippen LogP contribution in [-0.4, -0.2) is 23.0 Å². The number of aryl methyl sites for hydroxylation is 1. The second kappa shape index (κ2) is 9.21. The van der Waals surface area contributed by atoms with Gasteiger partial charge in [-0.05, 0) is 50.5 Å². The third-order valence-corrected chi connectivity index (χ3v) is 5.72. The van der Waals surface area contributed by atoms with E-state index in [1.165, 1.54) is 32.1 Å². The summed E-state index contributed by atoms with van der Waals surface area (Å²) >= 11 is 0. The molecule has 2 aliphatic carbocycles. The van der Waals surface area contributed by atoms with Crippen molar-refractivity contribution in [1.82, 2.24) is 10.3 Å². The van der Waals surface area contributed by atoms with Crippen LogP contribution in [0.15, 0.2) is 18.3 Å². The van der Waals surface area contributed by atoms with Gasteiger partial charge in [0.2, 0.25) is 11.8 Å². The summed E-state index contributed by atoms with van der Waals surface area (Å²) in [6, 6.07) is 4.29. The fraction of sp³-hybridized carbons (Fsp3) is 0.714. The fourth-order valence-corrected chi connectivity index (χ4v) is 4.13. The van der Waals surface area contributed by atoms with Crippen molar-refractivity contribution in [2.24, 2.45) is 5.92 Å². The number of amides is 1. The van der Waals surface area contributed by atoms with Gasteiger partial charge in [0.25, 0.3) is 0 Å². The fourth-order valence-electron chi connectivity index (χ4n) is 4.13. The van der Waals surface area contributed by atoms with E-state index in [4.69, 9.17) is 4.74 Å². The number of hydrogen-bond donors (Lipinski definition) is 1. The zero-order chi connectivity index (χ0) is 17.5. The van der Waals surface area contributed by atoms with Crippen LogP contribution in [0.25, 0.3) is 0 Å². The molecule has 1 aromatic heterocycles. The van der Waals surface area contributed by atoms with E-state index in [0.29, 0.717) is 18.3 Å². The van der Waals surface area contributed by atoms with Gasteiger partial charge in [-0.25, -0.2) is 4.98 Å². The number of carbonyl (C=O) groups excluding carboxylic acids is 1. The standard InChI is InChI=1S/C21H32N2O2/c1-16-7-14-21(22-15-16)25-19-11-9-18(10-12-19)23-20(24)13-8-17-5-3-2-4-6-17/h7,14-15,17-19H,2-6,8-13H2,1H3,(H,23,24). The minimum Gasteiger partial charge on any atom is -0.474 e. The minimum atomic E-state index is 0.227. The molecule has 0 unspecified atom stereocenters. The van der Waals surface area contributed by atoms with Crippen LogP contribution in [0.5, 0.6) is 5.88 Å². The van der Waals surface area contributed by atoms with Gasteiger partial charge in [-0.1, -0.05) is 38.2 Å². The van der Waals surface area contributed by atoms with E-state index in [1.54, 1.807) is 0 Å². The Morgan fingerprint density at radius 2 is 1.88 bits per heavy atom. The van der Waals surface area contributed by atoms with Crippen molar-refractivity contribution >= 4 is 5.91 Å². The van der Waals surface area contributed by atoms with E-state index < -0.39 is 0 Å². The predicted octanol–water partition coefficient (Wildman–Crippen LogP) is 4.56. The summed E-state index contributed by atoms with van der Waals surface area (Å²) in [5.41, 5.74) is 1.15. The van der Waals surface area contributed by atoms with Crippen molar-refractivity contribution in [2.45, 2.75) is 89.7 Å². The molecule has 1 N–H and O–H groups in total. The number of rotatable bonds is 6. The highest BCUT2D eigenvalue weighted by molar-refractivity contribution is 5.76. The normalized spacial score (nSPS) is 24.7. The average Bonchev–Trinajstić information content (AvgIpc) is 2.64. The maximum absolute atomic E-state index is 12.2. The first-order valence-electron chi connectivity index (χ1n) is 10.1.